The van der Waals surface area contributed by atoms with Crippen molar-refractivity contribution >= 4 is 34.7 Å². The predicted octanol–water partition coefficient (Wildman–Crippen LogP) is 4.36. The van der Waals surface area contributed by atoms with Crippen LogP contribution in [-0.4, -0.2) is 27.5 Å². The van der Waals surface area contributed by atoms with Gasteiger partial charge in [0.05, 0.1) is 17.1 Å². The molecule has 0 aliphatic carbocycles. The molecule has 0 amide bonds. The number of aromatic nitrogens is 2. The zero-order chi connectivity index (χ0) is 20.8. The summed E-state index contributed by atoms with van der Waals surface area (Å²) in [6, 6.07) is 13.8. The van der Waals surface area contributed by atoms with Gasteiger partial charge in [-0.15, -0.1) is 0 Å². The molecule has 0 spiro atoms. The highest BCUT2D eigenvalue weighted by atomic mass is 16.6. The Morgan fingerprint density at radius 3 is 2.34 bits per heavy atom. The first-order valence-corrected chi connectivity index (χ1v) is 8.86. The highest BCUT2D eigenvalue weighted by Gasteiger charge is 2.23. The van der Waals surface area contributed by atoms with Crippen molar-refractivity contribution in [1.29, 1.82) is 0 Å². The fourth-order valence-electron chi connectivity index (χ4n) is 2.62. The molecule has 0 saturated carbocycles. The number of nitrogens with zero attached hydrogens (tertiary/aromatic N) is 3. The number of carbonyl (C=O) groups excluding carboxylic acids is 1. The Kier molecular flexibility index (Phi) is 5.98. The lowest BCUT2D eigenvalue weighted by Crippen LogP contribution is -2.07. The summed E-state index contributed by atoms with van der Waals surface area (Å²) in [5, 5.41) is 17.6. The molecule has 0 aliphatic rings. The second-order valence-corrected chi connectivity index (χ2v) is 6.04. The summed E-state index contributed by atoms with van der Waals surface area (Å²) in [6.45, 7) is 3.90. The van der Waals surface area contributed by atoms with Gasteiger partial charge in [-0.25, -0.2) is 14.8 Å². The molecule has 9 nitrogen and oxygen atoms in total. The number of esters is 1. The Morgan fingerprint density at radius 1 is 1.07 bits per heavy atom. The molecule has 0 unspecified atom stereocenters. The van der Waals surface area contributed by atoms with Crippen molar-refractivity contribution in [3.05, 3.63) is 76.1 Å². The summed E-state index contributed by atoms with van der Waals surface area (Å²) in [5.41, 5.74) is 2.26. The summed E-state index contributed by atoms with van der Waals surface area (Å²) in [7, 11) is 0. The van der Waals surface area contributed by atoms with E-state index in [1.54, 1.807) is 31.2 Å². The Hall–Kier alpha value is -4.01. The topological polar surface area (TPSA) is 119 Å². The number of hydrogen-bond donors (Lipinski definition) is 2. The zero-order valence-electron chi connectivity index (χ0n) is 15.9. The van der Waals surface area contributed by atoms with Crippen molar-refractivity contribution in [3.63, 3.8) is 0 Å². The van der Waals surface area contributed by atoms with Gasteiger partial charge < -0.3 is 15.4 Å². The van der Waals surface area contributed by atoms with E-state index in [1.165, 1.54) is 6.33 Å². The number of anilines is 4. The molecule has 3 rings (SSSR count). The minimum Gasteiger partial charge on any atom is -0.462 e. The molecule has 1 aromatic heterocycles. The molecule has 3 aromatic rings. The van der Waals surface area contributed by atoms with Crippen LogP contribution in [-0.2, 0) is 4.74 Å². The van der Waals surface area contributed by atoms with Gasteiger partial charge in [-0.1, -0.05) is 18.2 Å². The molecule has 0 saturated heterocycles. The van der Waals surface area contributed by atoms with Gasteiger partial charge in [-0.05, 0) is 49.7 Å². The number of rotatable bonds is 7. The zero-order valence-corrected chi connectivity index (χ0v) is 15.9. The summed E-state index contributed by atoms with van der Waals surface area (Å²) in [4.78, 5) is 30.9. The predicted molar refractivity (Wildman–Crippen MR) is 109 cm³/mol. The first-order valence-electron chi connectivity index (χ1n) is 8.86. The summed E-state index contributed by atoms with van der Waals surface area (Å²) < 4.78 is 4.94. The quantitative estimate of drug-likeness (QED) is 0.345. The Labute approximate surface area is 166 Å². The number of hydrogen-bond acceptors (Lipinski definition) is 8. The molecule has 1 heterocycles. The Morgan fingerprint density at radius 2 is 1.72 bits per heavy atom. The maximum absolute atomic E-state index is 11.7. The fourth-order valence-corrected chi connectivity index (χ4v) is 2.62. The van der Waals surface area contributed by atoms with Gasteiger partial charge in [-0.3, -0.25) is 10.1 Å². The summed E-state index contributed by atoms with van der Waals surface area (Å²) in [6.07, 6.45) is 1.24. The highest BCUT2D eigenvalue weighted by molar-refractivity contribution is 5.90. The average Bonchev–Trinajstić information content (AvgIpc) is 2.70. The molecule has 9 heteroatoms. The maximum atomic E-state index is 11.7. The van der Waals surface area contributed by atoms with Gasteiger partial charge in [0.1, 0.15) is 6.33 Å². The third-order valence-corrected chi connectivity index (χ3v) is 4.06. The lowest BCUT2D eigenvalue weighted by atomic mass is 10.2. The van der Waals surface area contributed by atoms with Crippen molar-refractivity contribution in [2.45, 2.75) is 13.8 Å². The van der Waals surface area contributed by atoms with E-state index in [1.807, 2.05) is 31.2 Å². The van der Waals surface area contributed by atoms with E-state index in [0.29, 0.717) is 16.9 Å². The van der Waals surface area contributed by atoms with Crippen LogP contribution in [0, 0.1) is 17.0 Å². The SMILES string of the molecule is CCOC(=O)c1ccc(Nc2ncnc(Nc3ccccc3C)c2[N+](=O)[O-])cc1. The largest absolute Gasteiger partial charge is 0.462 e. The second-order valence-electron chi connectivity index (χ2n) is 6.04. The van der Waals surface area contributed by atoms with Crippen LogP contribution >= 0.6 is 0 Å². The van der Waals surface area contributed by atoms with Crippen LogP contribution in [0.15, 0.2) is 54.9 Å². The van der Waals surface area contributed by atoms with Crippen LogP contribution in [0.2, 0.25) is 0 Å². The lowest BCUT2D eigenvalue weighted by molar-refractivity contribution is -0.383. The molecule has 148 valence electrons. The molecule has 29 heavy (non-hydrogen) atoms. The van der Waals surface area contributed by atoms with Crippen molar-refractivity contribution in [1.82, 2.24) is 9.97 Å². The van der Waals surface area contributed by atoms with Crippen LogP contribution in [0.25, 0.3) is 0 Å². The van der Waals surface area contributed by atoms with Crippen LogP contribution in [0.3, 0.4) is 0 Å². The molecule has 0 radical (unpaired) electrons. The number of carbonyl (C=O) groups is 1. The fraction of sp³-hybridized carbons (Fsp3) is 0.150. The van der Waals surface area contributed by atoms with Crippen molar-refractivity contribution in [2.75, 3.05) is 17.2 Å². The van der Waals surface area contributed by atoms with E-state index < -0.39 is 10.9 Å². The van der Waals surface area contributed by atoms with Crippen LogP contribution in [0.1, 0.15) is 22.8 Å². The number of aryl methyl sites for hydroxylation is 1. The molecule has 2 N–H and O–H groups in total. The normalized spacial score (nSPS) is 10.3. The van der Waals surface area contributed by atoms with E-state index in [-0.39, 0.29) is 23.9 Å². The standard InChI is InChI=1S/C20H19N5O4/c1-3-29-20(26)14-8-10-15(11-9-14)23-18-17(25(27)28)19(22-12-21-18)24-16-7-5-4-6-13(16)2/h4-12H,3H2,1-2H3,(H2,21,22,23,24). The average molecular weight is 393 g/mol. The van der Waals surface area contributed by atoms with Gasteiger partial charge in [0.25, 0.3) is 0 Å². The van der Waals surface area contributed by atoms with Crippen LogP contribution in [0.4, 0.5) is 28.7 Å². The monoisotopic (exact) mass is 393 g/mol. The van der Waals surface area contributed by atoms with E-state index in [4.69, 9.17) is 4.74 Å². The van der Waals surface area contributed by atoms with E-state index >= 15 is 0 Å². The van der Waals surface area contributed by atoms with Gasteiger partial charge in [-0.2, -0.15) is 0 Å². The molecule has 0 aliphatic heterocycles. The third kappa shape index (κ3) is 4.64. The van der Waals surface area contributed by atoms with Gasteiger partial charge in [0.15, 0.2) is 0 Å². The third-order valence-electron chi connectivity index (χ3n) is 4.06. The first-order chi connectivity index (χ1) is 14.0. The number of nitro groups is 1. The summed E-state index contributed by atoms with van der Waals surface area (Å²) >= 11 is 0. The molecule has 0 bridgehead atoms. The Bertz CT molecular complexity index is 1040. The van der Waals surface area contributed by atoms with Crippen molar-refractivity contribution in [2.24, 2.45) is 0 Å². The molecule has 0 fully saturated rings. The Balaban J connectivity index is 1.89. The van der Waals surface area contributed by atoms with Gasteiger partial charge >= 0.3 is 11.7 Å². The summed E-state index contributed by atoms with van der Waals surface area (Å²) in [5.74, 6) is -0.327. The minimum absolute atomic E-state index is 0.0324. The van der Waals surface area contributed by atoms with Gasteiger partial charge in [0, 0.05) is 11.4 Å². The number of benzene rings is 2. The maximum Gasteiger partial charge on any atom is 0.353 e. The van der Waals surface area contributed by atoms with E-state index in [9.17, 15) is 14.9 Å². The molecule has 2 aromatic carbocycles. The van der Waals surface area contributed by atoms with Crippen LogP contribution in [0.5, 0.6) is 0 Å². The smallest absolute Gasteiger partial charge is 0.353 e. The second kappa shape index (κ2) is 8.79. The van der Waals surface area contributed by atoms with Gasteiger partial charge in [0.2, 0.25) is 11.6 Å². The van der Waals surface area contributed by atoms with E-state index in [0.717, 1.165) is 5.56 Å². The minimum atomic E-state index is -0.546. The van der Waals surface area contributed by atoms with Crippen molar-refractivity contribution in [3.8, 4) is 0 Å². The first kappa shape index (κ1) is 19.7. The van der Waals surface area contributed by atoms with E-state index in [2.05, 4.69) is 20.6 Å². The number of para-hydroxylation sites is 1. The molecule has 0 atom stereocenters. The van der Waals surface area contributed by atoms with Crippen molar-refractivity contribution < 1.29 is 14.5 Å². The highest BCUT2D eigenvalue weighted by Crippen LogP contribution is 2.33. The molecular formula is C20H19N5O4. The lowest BCUT2D eigenvalue weighted by Gasteiger charge is -2.11. The number of nitrogens with one attached hydrogen (secondary N) is 2. The molecular weight excluding hydrogens is 374 g/mol. The van der Waals surface area contributed by atoms with Crippen LogP contribution < -0.4 is 10.6 Å². The number of ether oxygens (including phenoxy) is 1.